The molecule has 2 heterocycles. The first-order valence-corrected chi connectivity index (χ1v) is 10.2. The first-order chi connectivity index (χ1) is 16.9. The molecule has 4 rings (SSSR count). The van der Waals surface area contributed by atoms with Crippen molar-refractivity contribution in [2.75, 3.05) is 0 Å². The fourth-order valence-electron chi connectivity index (χ4n) is 3.46. The van der Waals surface area contributed by atoms with Crippen LogP contribution < -0.4 is 20.7 Å². The standard InChI is InChI=1S/C22H17F5N4O5/c1-30-16-19(31(10-15(32)17(23)24)21(34)29-20(16)33)28-18(30)11-2-4-12(5-3-11)35-13-6-8-14(9-7-13)36-22(25,26)27/h2-9,15,17,32H,10H2,1H3,(H,29,33,34). The van der Waals surface area contributed by atoms with Crippen molar-refractivity contribution >= 4 is 11.2 Å². The van der Waals surface area contributed by atoms with E-state index in [2.05, 4.69) is 9.72 Å². The maximum atomic E-state index is 12.8. The average Bonchev–Trinajstić information content (AvgIpc) is 3.14. The molecule has 0 saturated heterocycles. The second kappa shape index (κ2) is 9.45. The van der Waals surface area contributed by atoms with Crippen molar-refractivity contribution < 1.29 is 36.5 Å². The van der Waals surface area contributed by atoms with E-state index < -0.39 is 42.4 Å². The van der Waals surface area contributed by atoms with Gasteiger partial charge in [0.05, 0.1) is 6.54 Å². The Hall–Kier alpha value is -4.20. The molecular weight excluding hydrogens is 495 g/mol. The summed E-state index contributed by atoms with van der Waals surface area (Å²) in [5.74, 6) is 0.396. The maximum absolute atomic E-state index is 12.8. The van der Waals surface area contributed by atoms with Gasteiger partial charge in [0, 0.05) is 12.6 Å². The molecular formula is C22H17F5N4O5. The molecule has 2 aromatic carbocycles. The Morgan fingerprint density at radius 3 is 2.11 bits per heavy atom. The minimum atomic E-state index is -4.81. The number of nitrogens with one attached hydrogen (secondary N) is 1. The fraction of sp³-hybridized carbons (Fsp3) is 0.227. The SMILES string of the molecule is Cn1c(-c2ccc(Oc3ccc(OC(F)(F)F)cc3)cc2)nc2c1c(=O)[nH]c(=O)n2CC(O)C(F)F. The Morgan fingerprint density at radius 2 is 1.56 bits per heavy atom. The Labute approximate surface area is 198 Å². The van der Waals surface area contributed by atoms with Crippen molar-refractivity contribution in [1.82, 2.24) is 19.1 Å². The molecule has 0 aliphatic heterocycles. The van der Waals surface area contributed by atoms with Crippen molar-refractivity contribution in [2.45, 2.75) is 25.4 Å². The monoisotopic (exact) mass is 512 g/mol. The van der Waals surface area contributed by atoms with Gasteiger partial charge in [-0.3, -0.25) is 14.3 Å². The van der Waals surface area contributed by atoms with E-state index in [1.165, 1.54) is 35.9 Å². The molecule has 2 N–H and O–H groups in total. The van der Waals surface area contributed by atoms with Crippen molar-refractivity contribution in [1.29, 1.82) is 0 Å². The Bertz CT molecular complexity index is 1490. The van der Waals surface area contributed by atoms with Crippen LogP contribution in [-0.4, -0.2) is 43.1 Å². The molecule has 0 fully saturated rings. The third-order valence-electron chi connectivity index (χ3n) is 5.08. The van der Waals surface area contributed by atoms with Crippen LogP contribution in [0.4, 0.5) is 22.0 Å². The molecule has 4 aromatic rings. The molecule has 0 saturated carbocycles. The van der Waals surface area contributed by atoms with Crippen LogP contribution in [0, 0.1) is 0 Å². The van der Waals surface area contributed by atoms with Gasteiger partial charge < -0.3 is 19.1 Å². The van der Waals surface area contributed by atoms with Crippen molar-refractivity contribution in [3.63, 3.8) is 0 Å². The summed E-state index contributed by atoms with van der Waals surface area (Å²) in [7, 11) is 1.49. The number of ether oxygens (including phenoxy) is 2. The number of nitrogens with zero attached hydrogens (tertiary/aromatic N) is 3. The van der Waals surface area contributed by atoms with E-state index in [0.717, 1.165) is 16.7 Å². The van der Waals surface area contributed by atoms with Crippen molar-refractivity contribution in [3.05, 3.63) is 69.4 Å². The number of benzene rings is 2. The number of alkyl halides is 5. The summed E-state index contributed by atoms with van der Waals surface area (Å²) in [5.41, 5.74) is -1.54. The van der Waals surface area contributed by atoms with Gasteiger partial charge in [0.1, 0.15) is 29.2 Å². The van der Waals surface area contributed by atoms with Gasteiger partial charge >= 0.3 is 12.1 Å². The molecule has 0 aliphatic rings. The Morgan fingerprint density at radius 1 is 1.00 bits per heavy atom. The lowest BCUT2D eigenvalue weighted by molar-refractivity contribution is -0.274. The molecule has 9 nitrogen and oxygen atoms in total. The Kier molecular flexibility index (Phi) is 6.54. The van der Waals surface area contributed by atoms with Gasteiger partial charge in [-0.2, -0.15) is 0 Å². The lowest BCUT2D eigenvalue weighted by atomic mass is 10.2. The van der Waals surface area contributed by atoms with Crippen LogP contribution in [0.1, 0.15) is 0 Å². The van der Waals surface area contributed by atoms with Crippen LogP contribution in [0.2, 0.25) is 0 Å². The van der Waals surface area contributed by atoms with Gasteiger partial charge in [-0.05, 0) is 48.5 Å². The number of rotatable bonds is 7. The number of halogens is 5. The maximum Gasteiger partial charge on any atom is 0.573 e. The molecule has 1 atom stereocenters. The lowest BCUT2D eigenvalue weighted by Crippen LogP contribution is -2.36. The van der Waals surface area contributed by atoms with E-state index in [0.29, 0.717) is 11.3 Å². The molecule has 0 bridgehead atoms. The summed E-state index contributed by atoms with van der Waals surface area (Å²) in [6.07, 6.45) is -10.1. The smallest absolute Gasteiger partial charge is 0.457 e. The summed E-state index contributed by atoms with van der Waals surface area (Å²) in [4.78, 5) is 30.9. The number of aryl methyl sites for hydroxylation is 1. The number of aliphatic hydroxyl groups excluding tert-OH is 1. The highest BCUT2D eigenvalue weighted by atomic mass is 19.4. The third kappa shape index (κ3) is 5.22. The average molecular weight is 512 g/mol. The van der Waals surface area contributed by atoms with E-state index in [9.17, 15) is 36.6 Å². The van der Waals surface area contributed by atoms with Gasteiger partial charge in [-0.15, -0.1) is 13.2 Å². The first kappa shape index (κ1) is 24.9. The van der Waals surface area contributed by atoms with Crippen molar-refractivity contribution in [3.8, 4) is 28.6 Å². The largest absolute Gasteiger partial charge is 0.573 e. The van der Waals surface area contributed by atoms with Crippen LogP contribution in [0.25, 0.3) is 22.6 Å². The minimum absolute atomic E-state index is 0.0624. The second-order valence-electron chi connectivity index (χ2n) is 7.58. The summed E-state index contributed by atoms with van der Waals surface area (Å²) in [6, 6.07) is 11.0. The predicted molar refractivity (Wildman–Crippen MR) is 116 cm³/mol. The van der Waals surface area contributed by atoms with E-state index >= 15 is 0 Å². The van der Waals surface area contributed by atoms with Crippen LogP contribution in [0.3, 0.4) is 0 Å². The van der Waals surface area contributed by atoms with Gasteiger partial charge in [-0.25, -0.2) is 18.6 Å². The van der Waals surface area contributed by atoms with Crippen LogP contribution >= 0.6 is 0 Å². The molecule has 0 amide bonds. The molecule has 0 spiro atoms. The summed E-state index contributed by atoms with van der Waals surface area (Å²) < 4.78 is 74.0. The number of H-pyrrole nitrogens is 1. The molecule has 0 radical (unpaired) electrons. The first-order valence-electron chi connectivity index (χ1n) is 10.2. The van der Waals surface area contributed by atoms with Gasteiger partial charge in [0.2, 0.25) is 0 Å². The summed E-state index contributed by atoms with van der Waals surface area (Å²) in [6.45, 7) is -0.778. The zero-order valence-corrected chi connectivity index (χ0v) is 18.3. The number of imidazole rings is 1. The minimum Gasteiger partial charge on any atom is -0.457 e. The highest BCUT2D eigenvalue weighted by molar-refractivity contribution is 5.76. The van der Waals surface area contributed by atoms with Gasteiger partial charge in [0.25, 0.3) is 12.0 Å². The molecule has 14 heteroatoms. The third-order valence-corrected chi connectivity index (χ3v) is 5.08. The molecule has 36 heavy (non-hydrogen) atoms. The summed E-state index contributed by atoms with van der Waals surface area (Å²) in [5, 5.41) is 9.54. The topological polar surface area (TPSA) is 111 Å². The van der Waals surface area contributed by atoms with E-state index in [4.69, 9.17) is 4.74 Å². The molecule has 1 unspecified atom stereocenters. The van der Waals surface area contributed by atoms with E-state index in [-0.39, 0.29) is 22.7 Å². The quantitative estimate of drug-likeness (QED) is 0.367. The van der Waals surface area contributed by atoms with Crippen molar-refractivity contribution in [2.24, 2.45) is 7.05 Å². The zero-order valence-electron chi connectivity index (χ0n) is 18.3. The van der Waals surface area contributed by atoms with Crippen LogP contribution in [0.5, 0.6) is 17.2 Å². The fourth-order valence-corrected chi connectivity index (χ4v) is 3.46. The van der Waals surface area contributed by atoms with E-state index in [1.807, 2.05) is 4.98 Å². The van der Waals surface area contributed by atoms with Gasteiger partial charge in [0.15, 0.2) is 11.2 Å². The lowest BCUT2D eigenvalue weighted by Gasteiger charge is -2.11. The number of aromatic nitrogens is 4. The predicted octanol–water partition coefficient (Wildman–Crippen LogP) is 3.41. The van der Waals surface area contributed by atoms with Gasteiger partial charge in [-0.1, -0.05) is 0 Å². The highest BCUT2D eigenvalue weighted by Gasteiger charge is 2.31. The number of fused-ring (bicyclic) bond motifs is 1. The molecule has 0 aliphatic carbocycles. The number of aliphatic hydroxyl groups is 1. The second-order valence-corrected chi connectivity index (χ2v) is 7.58. The molecule has 2 aromatic heterocycles. The number of hydrogen-bond acceptors (Lipinski definition) is 6. The highest BCUT2D eigenvalue weighted by Crippen LogP contribution is 2.29. The van der Waals surface area contributed by atoms with Crippen LogP contribution in [0.15, 0.2) is 58.1 Å². The van der Waals surface area contributed by atoms with E-state index in [1.54, 1.807) is 12.1 Å². The Balaban J connectivity index is 1.61. The normalized spacial score (nSPS) is 12.8. The van der Waals surface area contributed by atoms with Crippen LogP contribution in [-0.2, 0) is 13.6 Å². The molecule has 190 valence electrons. The number of aromatic amines is 1. The zero-order chi connectivity index (χ0) is 26.2. The summed E-state index contributed by atoms with van der Waals surface area (Å²) >= 11 is 0. The number of hydrogen-bond donors (Lipinski definition) is 2.